The van der Waals surface area contributed by atoms with Gasteiger partial charge >= 0.3 is 18.1 Å². The third-order valence-corrected chi connectivity index (χ3v) is 8.67. The number of nitrogens with one attached hydrogen (secondary N) is 1. The average Bonchev–Trinajstić information content (AvgIpc) is 3.35. The molecule has 5 atom stereocenters. The number of carbonyl (C=O) groups is 5. The van der Waals surface area contributed by atoms with Gasteiger partial charge in [-0.15, -0.1) is 0 Å². The number of benzene rings is 1. The number of amides is 4. The van der Waals surface area contributed by atoms with E-state index in [0.717, 1.165) is 24.2 Å². The van der Waals surface area contributed by atoms with Crippen molar-refractivity contribution >= 4 is 40.8 Å². The van der Waals surface area contributed by atoms with Crippen LogP contribution in [0.1, 0.15) is 92.1 Å². The number of ether oxygens (including phenoxy) is 1. The van der Waals surface area contributed by atoms with Gasteiger partial charge in [-0.3, -0.25) is 19.1 Å². The van der Waals surface area contributed by atoms with Crippen LogP contribution in [-0.2, 0) is 25.5 Å². The maximum atomic E-state index is 14.4. The number of likely N-dealkylation sites (tertiary alicyclic amines) is 1. The zero-order valence-electron chi connectivity index (χ0n) is 28.2. The van der Waals surface area contributed by atoms with Crippen LogP contribution in [0.15, 0.2) is 30.5 Å². The second kappa shape index (κ2) is 15.6. The van der Waals surface area contributed by atoms with E-state index in [0.29, 0.717) is 29.3 Å². The van der Waals surface area contributed by atoms with Crippen molar-refractivity contribution in [2.24, 2.45) is 11.1 Å². The molecule has 1 aromatic heterocycles. The normalized spacial score (nSPS) is 18.8. The second-order valence-corrected chi connectivity index (χ2v) is 13.7. The van der Waals surface area contributed by atoms with Gasteiger partial charge in [-0.1, -0.05) is 58.7 Å². The third kappa shape index (κ3) is 8.65. The first-order valence-corrected chi connectivity index (χ1v) is 16.2. The van der Waals surface area contributed by atoms with Crippen LogP contribution >= 0.6 is 0 Å². The number of aromatic nitrogens is 1. The van der Waals surface area contributed by atoms with Crippen molar-refractivity contribution in [2.75, 3.05) is 7.11 Å². The maximum Gasteiger partial charge on any atom is 0.418 e. The molecule has 4 N–H and O–H groups in total. The number of urea groups is 1. The van der Waals surface area contributed by atoms with Crippen LogP contribution in [0.2, 0.25) is 0 Å². The Bertz CT molecular complexity index is 1400. The number of methoxy groups -OCH3 is 1. The number of aliphatic carboxylic acids is 1. The third-order valence-electron chi connectivity index (χ3n) is 8.67. The Labute approximate surface area is 271 Å². The minimum Gasteiger partial charge on any atom is -0.480 e. The van der Waals surface area contributed by atoms with E-state index in [2.05, 4.69) is 5.32 Å². The lowest BCUT2D eigenvalue weighted by Gasteiger charge is -2.41. The van der Waals surface area contributed by atoms with Gasteiger partial charge in [0.05, 0.1) is 18.7 Å². The molecule has 0 bridgehead atoms. The van der Waals surface area contributed by atoms with Crippen molar-refractivity contribution in [1.29, 1.82) is 0 Å². The van der Waals surface area contributed by atoms with E-state index in [1.165, 1.54) is 17.9 Å². The fraction of sp³-hybridized carbons (Fsp3) is 0.618. The second-order valence-electron chi connectivity index (χ2n) is 13.7. The minimum atomic E-state index is -1.48. The SMILES string of the molecule is CCCC[C@H](C(=O)O)N(C(=O)[C@H](N)Cc1cn(C(=O)OC)c2ccccc12)C(=O)[C@H](CC(C)(C)C)NC(=O)N1[C@H](C)CCC[C@H]1C. The van der Waals surface area contributed by atoms with Crippen LogP contribution in [0, 0.1) is 5.41 Å². The minimum absolute atomic E-state index is 0.0358. The molecule has 12 heteroatoms. The van der Waals surface area contributed by atoms with Crippen LogP contribution in [0.3, 0.4) is 0 Å². The molecule has 3 rings (SSSR count). The number of carboxylic acid groups (broad SMARTS) is 1. The Kier molecular flexibility index (Phi) is 12.4. The summed E-state index contributed by atoms with van der Waals surface area (Å²) in [5, 5.41) is 13.8. The molecule has 1 saturated heterocycles. The molecule has 46 heavy (non-hydrogen) atoms. The number of carboxylic acids is 1. The van der Waals surface area contributed by atoms with E-state index in [4.69, 9.17) is 10.5 Å². The van der Waals surface area contributed by atoms with E-state index < -0.39 is 53.4 Å². The summed E-state index contributed by atoms with van der Waals surface area (Å²) in [6.07, 6.45) is 4.79. The van der Waals surface area contributed by atoms with Crippen molar-refractivity contribution in [2.45, 2.75) is 123 Å². The number of carbonyl (C=O) groups excluding carboxylic acids is 4. The van der Waals surface area contributed by atoms with Gasteiger partial charge in [0, 0.05) is 23.7 Å². The number of imide groups is 1. The zero-order chi connectivity index (χ0) is 34.3. The molecular weight excluding hydrogens is 590 g/mol. The summed E-state index contributed by atoms with van der Waals surface area (Å²) in [6.45, 7) is 11.5. The average molecular weight is 642 g/mol. The van der Waals surface area contributed by atoms with Gasteiger partial charge < -0.3 is 25.8 Å². The number of unbranched alkanes of at least 4 members (excludes halogenated alkanes) is 1. The predicted octanol–water partition coefficient (Wildman–Crippen LogP) is 4.90. The summed E-state index contributed by atoms with van der Waals surface area (Å²) in [5.74, 6) is -3.00. The molecule has 2 aromatic rings. The van der Waals surface area contributed by atoms with Gasteiger partial charge in [-0.05, 0) is 69.4 Å². The topological polar surface area (TPSA) is 164 Å². The Balaban J connectivity index is 2.02. The quantitative estimate of drug-likeness (QED) is 0.312. The first-order valence-electron chi connectivity index (χ1n) is 16.2. The number of piperidine rings is 1. The standard InChI is InChI=1S/C34H51N5O7/c1-8-9-16-28(31(42)43)39(29(40)25(35)18-23-20-37(33(45)46-7)27-17-11-10-15-24(23)27)30(41)26(19-34(4,5)6)36-32(44)38-21(2)13-12-14-22(38)3/h10-11,15,17,20-22,25-26,28H,8-9,12-14,16,18-19,35H2,1-7H3,(H,36,44)(H,42,43)/t21-,22-,25-,26+,28-/m1/s1. The van der Waals surface area contributed by atoms with Crippen LogP contribution < -0.4 is 11.1 Å². The summed E-state index contributed by atoms with van der Waals surface area (Å²) in [5.41, 5.74) is 7.14. The largest absolute Gasteiger partial charge is 0.480 e. The van der Waals surface area contributed by atoms with Crippen molar-refractivity contribution in [3.8, 4) is 0 Å². The molecule has 0 saturated carbocycles. The lowest BCUT2D eigenvalue weighted by Crippen LogP contribution is -2.62. The number of nitrogens with two attached hydrogens (primary N) is 1. The van der Waals surface area contributed by atoms with E-state index in [1.54, 1.807) is 29.2 Å². The summed E-state index contributed by atoms with van der Waals surface area (Å²) >= 11 is 0. The highest BCUT2D eigenvalue weighted by Crippen LogP contribution is 2.27. The first-order chi connectivity index (χ1) is 21.6. The highest BCUT2D eigenvalue weighted by Gasteiger charge is 2.42. The zero-order valence-corrected chi connectivity index (χ0v) is 28.2. The van der Waals surface area contributed by atoms with Crippen molar-refractivity contribution < 1.29 is 33.8 Å². The Morgan fingerprint density at radius 1 is 1.09 bits per heavy atom. The summed E-state index contributed by atoms with van der Waals surface area (Å²) in [6, 6.07) is 2.59. The molecule has 0 spiro atoms. The fourth-order valence-corrected chi connectivity index (χ4v) is 6.37. The van der Waals surface area contributed by atoms with Crippen LogP contribution in [0.4, 0.5) is 9.59 Å². The molecule has 0 unspecified atom stereocenters. The fourth-order valence-electron chi connectivity index (χ4n) is 6.37. The number of para-hydroxylation sites is 1. The van der Waals surface area contributed by atoms with Crippen LogP contribution in [0.25, 0.3) is 10.9 Å². The van der Waals surface area contributed by atoms with Gasteiger partial charge in [0.25, 0.3) is 5.91 Å². The van der Waals surface area contributed by atoms with Gasteiger partial charge in [0.1, 0.15) is 12.1 Å². The monoisotopic (exact) mass is 641 g/mol. The molecule has 0 aliphatic carbocycles. The van der Waals surface area contributed by atoms with E-state index in [9.17, 15) is 29.1 Å². The molecule has 0 radical (unpaired) electrons. The molecule has 2 heterocycles. The molecule has 1 aliphatic heterocycles. The molecule has 1 aromatic carbocycles. The smallest absolute Gasteiger partial charge is 0.418 e. The number of nitrogens with zero attached hydrogens (tertiary/aromatic N) is 3. The Morgan fingerprint density at radius 2 is 1.72 bits per heavy atom. The predicted molar refractivity (Wildman–Crippen MR) is 175 cm³/mol. The van der Waals surface area contributed by atoms with Gasteiger partial charge in [-0.2, -0.15) is 0 Å². The molecule has 254 valence electrons. The molecule has 1 aliphatic rings. The molecular formula is C34H51N5O7. The van der Waals surface area contributed by atoms with Gasteiger partial charge in [0.2, 0.25) is 5.91 Å². The van der Waals surface area contributed by atoms with Crippen molar-refractivity contribution in [1.82, 2.24) is 19.7 Å². The van der Waals surface area contributed by atoms with E-state index >= 15 is 0 Å². The molecule has 4 amide bonds. The number of hydrogen-bond acceptors (Lipinski definition) is 7. The molecule has 12 nitrogen and oxygen atoms in total. The molecule has 1 fully saturated rings. The lowest BCUT2D eigenvalue weighted by atomic mass is 9.87. The highest BCUT2D eigenvalue weighted by atomic mass is 16.5. The number of fused-ring (bicyclic) bond motifs is 1. The summed E-state index contributed by atoms with van der Waals surface area (Å²) < 4.78 is 6.21. The van der Waals surface area contributed by atoms with Crippen LogP contribution in [-0.4, -0.2) is 86.7 Å². The van der Waals surface area contributed by atoms with Crippen molar-refractivity contribution in [3.05, 3.63) is 36.0 Å². The highest BCUT2D eigenvalue weighted by molar-refractivity contribution is 6.04. The Hall–Kier alpha value is -3.93. The Morgan fingerprint density at radius 3 is 2.28 bits per heavy atom. The van der Waals surface area contributed by atoms with E-state index in [-0.39, 0.29) is 31.3 Å². The summed E-state index contributed by atoms with van der Waals surface area (Å²) in [4.78, 5) is 69.9. The number of hydrogen-bond donors (Lipinski definition) is 3. The number of rotatable bonds is 11. The van der Waals surface area contributed by atoms with E-state index in [1.807, 2.05) is 41.5 Å². The van der Waals surface area contributed by atoms with Gasteiger partial charge in [-0.25, -0.2) is 14.4 Å². The van der Waals surface area contributed by atoms with Crippen molar-refractivity contribution in [3.63, 3.8) is 0 Å². The summed E-state index contributed by atoms with van der Waals surface area (Å²) in [7, 11) is 1.26. The maximum absolute atomic E-state index is 14.4. The van der Waals surface area contributed by atoms with Gasteiger partial charge in [0.15, 0.2) is 0 Å². The first kappa shape index (κ1) is 36.5. The van der Waals surface area contributed by atoms with Crippen LogP contribution in [0.5, 0.6) is 0 Å². The lowest BCUT2D eigenvalue weighted by molar-refractivity contribution is -0.160.